The molecule has 0 radical (unpaired) electrons. The van der Waals surface area contributed by atoms with Crippen LogP contribution in [0.25, 0.3) is 0 Å². The molecule has 1 aliphatic rings. The van der Waals surface area contributed by atoms with Crippen molar-refractivity contribution in [3.05, 3.63) is 47.3 Å². The number of aryl methyl sites for hydroxylation is 2. The van der Waals surface area contributed by atoms with Crippen LogP contribution < -0.4 is 5.32 Å². The van der Waals surface area contributed by atoms with E-state index in [1.807, 2.05) is 16.9 Å². The quantitative estimate of drug-likeness (QED) is 0.936. The number of anilines is 1. The zero-order valence-electron chi connectivity index (χ0n) is 12.6. The first-order valence-electron chi connectivity index (χ1n) is 7.57. The van der Waals surface area contributed by atoms with Gasteiger partial charge in [-0.15, -0.1) is 0 Å². The number of carbonyl (C=O) groups is 1. The molecule has 0 unspecified atom stereocenters. The second kappa shape index (κ2) is 5.72. The van der Waals surface area contributed by atoms with E-state index in [-0.39, 0.29) is 5.91 Å². The summed E-state index contributed by atoms with van der Waals surface area (Å²) in [7, 11) is 0. The first-order chi connectivity index (χ1) is 10.1. The summed E-state index contributed by atoms with van der Waals surface area (Å²) in [5.41, 5.74) is 4.26. The second-order valence-corrected chi connectivity index (χ2v) is 6.14. The van der Waals surface area contributed by atoms with E-state index in [1.165, 1.54) is 17.5 Å². The number of amides is 1. The summed E-state index contributed by atoms with van der Waals surface area (Å²) < 4.78 is 1.82. The van der Waals surface area contributed by atoms with Crippen molar-refractivity contribution in [3.63, 3.8) is 0 Å². The molecule has 4 nitrogen and oxygen atoms in total. The molecule has 1 N–H and O–H groups in total. The molecule has 1 heterocycles. The molecule has 1 amide bonds. The van der Waals surface area contributed by atoms with Crippen molar-refractivity contribution in [1.82, 2.24) is 9.78 Å². The molecule has 0 bridgehead atoms. The van der Waals surface area contributed by atoms with Gasteiger partial charge in [-0.1, -0.05) is 19.9 Å². The fraction of sp³-hybridized carbons (Fsp3) is 0.412. The molecule has 21 heavy (non-hydrogen) atoms. The summed E-state index contributed by atoms with van der Waals surface area (Å²) >= 11 is 0. The van der Waals surface area contributed by atoms with Gasteiger partial charge in [0.05, 0.1) is 11.8 Å². The van der Waals surface area contributed by atoms with Gasteiger partial charge in [0.15, 0.2) is 0 Å². The van der Waals surface area contributed by atoms with E-state index in [2.05, 4.69) is 36.4 Å². The predicted molar refractivity (Wildman–Crippen MR) is 83.5 cm³/mol. The van der Waals surface area contributed by atoms with Gasteiger partial charge in [-0.25, -0.2) is 0 Å². The predicted octanol–water partition coefficient (Wildman–Crippen LogP) is 3.28. The molecule has 0 fully saturated rings. The Kier molecular flexibility index (Phi) is 3.78. The third-order valence-electron chi connectivity index (χ3n) is 3.80. The van der Waals surface area contributed by atoms with Gasteiger partial charge in [0.1, 0.15) is 0 Å². The first-order valence-corrected chi connectivity index (χ1v) is 7.57. The molecular formula is C17H21N3O. The molecule has 0 spiro atoms. The minimum atomic E-state index is -0.0945. The number of hydrogen-bond acceptors (Lipinski definition) is 2. The lowest BCUT2D eigenvalue weighted by atomic mass is 10.1. The van der Waals surface area contributed by atoms with Gasteiger partial charge in [-0.05, 0) is 48.4 Å². The van der Waals surface area contributed by atoms with Gasteiger partial charge in [0.25, 0.3) is 5.91 Å². The van der Waals surface area contributed by atoms with Crippen LogP contribution >= 0.6 is 0 Å². The fourth-order valence-corrected chi connectivity index (χ4v) is 2.81. The highest BCUT2D eigenvalue weighted by Crippen LogP contribution is 2.25. The summed E-state index contributed by atoms with van der Waals surface area (Å²) in [6.07, 6.45) is 6.93. The minimum absolute atomic E-state index is 0.0945. The van der Waals surface area contributed by atoms with E-state index in [1.54, 1.807) is 6.20 Å². The Morgan fingerprint density at radius 2 is 2.14 bits per heavy atom. The van der Waals surface area contributed by atoms with Crippen molar-refractivity contribution in [3.8, 4) is 0 Å². The number of nitrogens with zero attached hydrogens (tertiary/aromatic N) is 2. The van der Waals surface area contributed by atoms with E-state index < -0.39 is 0 Å². The zero-order valence-corrected chi connectivity index (χ0v) is 12.6. The number of benzene rings is 1. The van der Waals surface area contributed by atoms with Crippen LogP contribution in [0.2, 0.25) is 0 Å². The fourth-order valence-electron chi connectivity index (χ4n) is 2.81. The molecule has 1 aromatic heterocycles. The molecule has 0 saturated carbocycles. The van der Waals surface area contributed by atoms with Crippen molar-refractivity contribution in [2.45, 2.75) is 39.7 Å². The highest BCUT2D eigenvalue weighted by atomic mass is 16.1. The smallest absolute Gasteiger partial charge is 0.258 e. The van der Waals surface area contributed by atoms with Crippen molar-refractivity contribution >= 4 is 11.6 Å². The summed E-state index contributed by atoms with van der Waals surface area (Å²) in [6.45, 7) is 5.09. The lowest BCUT2D eigenvalue weighted by Gasteiger charge is -2.06. The monoisotopic (exact) mass is 283 g/mol. The normalized spacial score (nSPS) is 13.5. The third-order valence-corrected chi connectivity index (χ3v) is 3.80. The van der Waals surface area contributed by atoms with Crippen LogP contribution in [0.1, 0.15) is 41.8 Å². The molecule has 110 valence electrons. The topological polar surface area (TPSA) is 46.9 Å². The molecule has 0 atom stereocenters. The lowest BCUT2D eigenvalue weighted by Crippen LogP contribution is -2.11. The Bertz CT molecular complexity index is 658. The second-order valence-electron chi connectivity index (χ2n) is 6.14. The SMILES string of the molecule is CC(C)Cn1cc(C(=O)Nc2ccc3c(c2)CCC3)cn1. The highest BCUT2D eigenvalue weighted by molar-refractivity contribution is 6.04. The maximum absolute atomic E-state index is 12.2. The molecule has 1 aromatic carbocycles. The van der Waals surface area contributed by atoms with E-state index in [0.29, 0.717) is 11.5 Å². The van der Waals surface area contributed by atoms with E-state index in [9.17, 15) is 4.79 Å². The summed E-state index contributed by atoms with van der Waals surface area (Å²) in [5, 5.41) is 7.20. The summed E-state index contributed by atoms with van der Waals surface area (Å²) in [5.74, 6) is 0.417. The summed E-state index contributed by atoms with van der Waals surface area (Å²) in [6, 6.07) is 6.21. The molecule has 4 heteroatoms. The average molecular weight is 283 g/mol. The largest absolute Gasteiger partial charge is 0.322 e. The third kappa shape index (κ3) is 3.15. The van der Waals surface area contributed by atoms with Gasteiger partial charge >= 0.3 is 0 Å². The number of fused-ring (bicyclic) bond motifs is 1. The van der Waals surface area contributed by atoms with Crippen LogP contribution in [-0.4, -0.2) is 15.7 Å². The minimum Gasteiger partial charge on any atom is -0.322 e. The number of rotatable bonds is 4. The Balaban J connectivity index is 1.70. The Labute approximate surface area is 125 Å². The van der Waals surface area contributed by atoms with Crippen LogP contribution in [0.15, 0.2) is 30.6 Å². The molecule has 2 aromatic rings. The highest BCUT2D eigenvalue weighted by Gasteiger charge is 2.13. The van der Waals surface area contributed by atoms with Gasteiger partial charge in [-0.2, -0.15) is 5.10 Å². The molecule has 3 rings (SSSR count). The molecular weight excluding hydrogens is 262 g/mol. The van der Waals surface area contributed by atoms with Crippen molar-refractivity contribution in [1.29, 1.82) is 0 Å². The number of nitrogens with one attached hydrogen (secondary N) is 1. The van der Waals surface area contributed by atoms with Crippen molar-refractivity contribution in [2.24, 2.45) is 5.92 Å². The Hall–Kier alpha value is -2.10. The Morgan fingerprint density at radius 3 is 2.95 bits per heavy atom. The van der Waals surface area contributed by atoms with E-state index in [4.69, 9.17) is 0 Å². The number of carbonyl (C=O) groups excluding carboxylic acids is 1. The standard InChI is InChI=1S/C17H21N3O/c1-12(2)10-20-11-15(9-18-20)17(21)19-16-7-6-13-4-3-5-14(13)8-16/h6-9,11-12H,3-5,10H2,1-2H3,(H,19,21). The van der Waals surface area contributed by atoms with Gasteiger partial charge in [0.2, 0.25) is 0 Å². The van der Waals surface area contributed by atoms with Crippen LogP contribution in [0, 0.1) is 5.92 Å². The maximum atomic E-state index is 12.2. The van der Waals surface area contributed by atoms with Crippen LogP contribution in [0.5, 0.6) is 0 Å². The average Bonchev–Trinajstić information content (AvgIpc) is 3.06. The van der Waals surface area contributed by atoms with Crippen molar-refractivity contribution < 1.29 is 4.79 Å². The van der Waals surface area contributed by atoms with Gasteiger partial charge in [-0.3, -0.25) is 9.48 Å². The van der Waals surface area contributed by atoms with Gasteiger partial charge in [0, 0.05) is 18.4 Å². The number of hydrogen-bond donors (Lipinski definition) is 1. The number of aromatic nitrogens is 2. The summed E-state index contributed by atoms with van der Waals surface area (Å²) in [4.78, 5) is 12.2. The van der Waals surface area contributed by atoms with E-state index >= 15 is 0 Å². The van der Waals surface area contributed by atoms with E-state index in [0.717, 1.165) is 25.1 Å². The maximum Gasteiger partial charge on any atom is 0.258 e. The van der Waals surface area contributed by atoms with Crippen LogP contribution in [0.4, 0.5) is 5.69 Å². The molecule has 0 saturated heterocycles. The lowest BCUT2D eigenvalue weighted by molar-refractivity contribution is 0.102. The Morgan fingerprint density at radius 1 is 1.33 bits per heavy atom. The molecule has 1 aliphatic carbocycles. The first kappa shape index (κ1) is 13.9. The van der Waals surface area contributed by atoms with Crippen molar-refractivity contribution in [2.75, 3.05) is 5.32 Å². The van der Waals surface area contributed by atoms with Gasteiger partial charge < -0.3 is 5.32 Å². The molecule has 0 aliphatic heterocycles. The zero-order chi connectivity index (χ0) is 14.8. The van der Waals surface area contributed by atoms with Crippen LogP contribution in [-0.2, 0) is 19.4 Å². The van der Waals surface area contributed by atoms with Crippen LogP contribution in [0.3, 0.4) is 0 Å².